The van der Waals surface area contributed by atoms with Crippen molar-refractivity contribution < 1.29 is 9.67 Å². The average Bonchev–Trinajstić information content (AvgIpc) is 3.06. The van der Waals surface area contributed by atoms with Crippen LogP contribution < -0.4 is 4.57 Å². The Hall–Kier alpha value is -1.65. The van der Waals surface area contributed by atoms with Crippen molar-refractivity contribution in [3.05, 3.63) is 60.1 Å². The molecule has 0 aromatic carbocycles. The van der Waals surface area contributed by atoms with Crippen molar-refractivity contribution in [3.63, 3.8) is 0 Å². The third-order valence-corrected chi connectivity index (χ3v) is 4.04. The summed E-state index contributed by atoms with van der Waals surface area (Å²) in [6.07, 6.45) is 15.2. The first kappa shape index (κ1) is 17.4. The van der Waals surface area contributed by atoms with Gasteiger partial charge in [0.15, 0.2) is 0 Å². The molecule has 0 unspecified atom stereocenters. The number of imidazole rings is 1. The van der Waals surface area contributed by atoms with Crippen molar-refractivity contribution in [2.75, 3.05) is 0 Å². The van der Waals surface area contributed by atoms with E-state index in [9.17, 15) is 0 Å². The Morgan fingerprint density at radius 1 is 1.48 bits per heavy atom. The van der Waals surface area contributed by atoms with Crippen LogP contribution in [-0.2, 0) is 13.2 Å². The van der Waals surface area contributed by atoms with Gasteiger partial charge in [0.25, 0.3) is 0 Å². The Kier molecular flexibility index (Phi) is 7.72. The average molecular weight is 305 g/mol. The molecule has 0 radical (unpaired) electrons. The molecule has 0 aliphatic carbocycles. The summed E-state index contributed by atoms with van der Waals surface area (Å²) in [5.74, 6) is 0. The van der Waals surface area contributed by atoms with Gasteiger partial charge in [-0.1, -0.05) is 49.1 Å². The van der Waals surface area contributed by atoms with Gasteiger partial charge in [-0.2, -0.15) is 4.40 Å². The van der Waals surface area contributed by atoms with Crippen molar-refractivity contribution in [1.82, 2.24) is 4.40 Å². The fourth-order valence-corrected chi connectivity index (χ4v) is 2.64. The number of aliphatic hydroxyl groups excluding tert-OH is 1. The van der Waals surface area contributed by atoms with Gasteiger partial charge in [0.2, 0.25) is 11.2 Å². The van der Waals surface area contributed by atoms with E-state index in [4.69, 9.17) is 5.11 Å². The summed E-state index contributed by atoms with van der Waals surface area (Å²) in [4.78, 5) is 2.19. The quantitative estimate of drug-likeness (QED) is 0.659. The molecule has 0 amide bonds. The lowest BCUT2D eigenvalue weighted by atomic mass is 10.2. The van der Waals surface area contributed by atoms with E-state index in [1.54, 1.807) is 11.3 Å². The minimum absolute atomic E-state index is 0.137. The Bertz CT molecular complexity index is 555. The van der Waals surface area contributed by atoms with Gasteiger partial charge < -0.3 is 5.11 Å². The predicted molar refractivity (Wildman–Crippen MR) is 90.5 cm³/mol. The largest absolute Gasteiger partial charge is 0.391 e. The van der Waals surface area contributed by atoms with E-state index in [1.807, 2.05) is 42.1 Å². The van der Waals surface area contributed by atoms with E-state index in [0.29, 0.717) is 0 Å². The molecule has 0 aliphatic heterocycles. The fraction of sp³-hybridized carbons (Fsp3) is 0.353. The van der Waals surface area contributed by atoms with Crippen molar-refractivity contribution in [1.29, 1.82) is 0 Å². The number of aromatic nitrogens is 2. The molecule has 114 valence electrons. The lowest BCUT2D eigenvalue weighted by Crippen LogP contribution is -2.28. The Morgan fingerprint density at radius 2 is 2.24 bits per heavy atom. The number of hydrogen-bond acceptors (Lipinski definition) is 2. The molecule has 1 N–H and O–H groups in total. The minimum atomic E-state index is 0.137. The molecule has 3 nitrogen and oxygen atoms in total. The zero-order valence-electron chi connectivity index (χ0n) is 13.1. The molecule has 0 bridgehead atoms. The predicted octanol–water partition coefficient (Wildman–Crippen LogP) is 3.89. The normalized spacial score (nSPS) is 11.7. The van der Waals surface area contributed by atoms with Crippen LogP contribution in [0.4, 0.5) is 0 Å². The lowest BCUT2D eigenvalue weighted by Gasteiger charge is -1.89. The van der Waals surface area contributed by atoms with Gasteiger partial charge in [-0.3, -0.25) is 0 Å². The van der Waals surface area contributed by atoms with Crippen molar-refractivity contribution >= 4 is 16.2 Å². The molecule has 2 aromatic rings. The van der Waals surface area contributed by atoms with E-state index < -0.39 is 0 Å². The second-order valence-electron chi connectivity index (χ2n) is 4.50. The summed E-state index contributed by atoms with van der Waals surface area (Å²) in [7, 11) is 0. The second-order valence-corrected chi connectivity index (χ2v) is 5.65. The van der Waals surface area contributed by atoms with Gasteiger partial charge in [-0.05, 0) is 25.8 Å². The molecule has 0 fully saturated rings. The second kappa shape index (κ2) is 9.32. The highest BCUT2D eigenvalue weighted by molar-refractivity contribution is 7.17. The number of nitrogens with zero attached hydrogens (tertiary/aromatic N) is 2. The summed E-state index contributed by atoms with van der Waals surface area (Å²) in [6.45, 7) is 11.0. The summed E-state index contributed by atoms with van der Waals surface area (Å²) in [6, 6.07) is 0. The van der Waals surface area contributed by atoms with Crippen molar-refractivity contribution in [2.24, 2.45) is 0 Å². The molecule has 0 atom stereocenters. The number of thiazole rings is 1. The Balaban J connectivity index is 0.000000222. The van der Waals surface area contributed by atoms with Gasteiger partial charge in [-0.25, -0.2) is 4.57 Å². The maximum atomic E-state index is 8.87. The van der Waals surface area contributed by atoms with Crippen LogP contribution in [0.2, 0.25) is 0 Å². The number of fused-ring (bicyclic) bond motifs is 1. The number of rotatable bonds is 5. The fourth-order valence-electron chi connectivity index (χ4n) is 1.75. The topological polar surface area (TPSA) is 28.5 Å². The van der Waals surface area contributed by atoms with Crippen LogP contribution in [0.15, 0.2) is 55.2 Å². The smallest absolute Gasteiger partial charge is 0.249 e. The SMILES string of the molecule is C=C/C(=C\C=C/C)CC.CC[n+]1cc2sc(CO)cn2c1. The maximum absolute atomic E-state index is 8.87. The molecule has 2 aromatic heterocycles. The molecule has 21 heavy (non-hydrogen) atoms. The highest BCUT2D eigenvalue weighted by Crippen LogP contribution is 2.16. The molecule has 0 aliphatic rings. The Labute approximate surface area is 131 Å². The first-order valence-electron chi connectivity index (χ1n) is 7.23. The van der Waals surface area contributed by atoms with E-state index in [0.717, 1.165) is 17.8 Å². The van der Waals surface area contributed by atoms with Crippen LogP contribution in [0.3, 0.4) is 0 Å². The van der Waals surface area contributed by atoms with Crippen molar-refractivity contribution in [2.45, 2.75) is 40.3 Å². The zero-order chi connectivity index (χ0) is 15.7. The highest BCUT2D eigenvalue weighted by atomic mass is 32.1. The monoisotopic (exact) mass is 305 g/mol. The van der Waals surface area contributed by atoms with Gasteiger partial charge >= 0.3 is 0 Å². The summed E-state index contributed by atoms with van der Waals surface area (Å²) < 4.78 is 4.16. The van der Waals surface area contributed by atoms with Crippen LogP contribution in [0.5, 0.6) is 0 Å². The zero-order valence-corrected chi connectivity index (χ0v) is 13.9. The molecule has 2 rings (SSSR count). The molecular formula is C17H25N2OS+. The van der Waals surface area contributed by atoms with Crippen LogP contribution in [0.1, 0.15) is 32.1 Å². The highest BCUT2D eigenvalue weighted by Gasteiger charge is 2.09. The van der Waals surface area contributed by atoms with Gasteiger partial charge in [0.05, 0.1) is 18.0 Å². The third-order valence-electron chi connectivity index (χ3n) is 3.02. The minimum Gasteiger partial charge on any atom is -0.391 e. The standard InChI is InChI=1S/C9H14.C8H11N2OS/c1-4-7-8-9(5-2)6-3;1-2-9-4-8-10(6-9)3-7(5-11)12-8/h4-5,7-8H,2,6H2,1,3H3;3-4,6,11H,2,5H2,1H3/q;+1/b7-4-,9-8+;. The van der Waals surface area contributed by atoms with Crippen LogP contribution >= 0.6 is 11.3 Å². The van der Waals surface area contributed by atoms with Gasteiger partial charge in [-0.15, -0.1) is 0 Å². The summed E-state index contributed by atoms with van der Waals surface area (Å²) >= 11 is 1.63. The van der Waals surface area contributed by atoms with E-state index >= 15 is 0 Å². The first-order chi connectivity index (χ1) is 10.2. The first-order valence-corrected chi connectivity index (χ1v) is 8.04. The van der Waals surface area contributed by atoms with Crippen LogP contribution in [0, 0.1) is 0 Å². The maximum Gasteiger partial charge on any atom is 0.249 e. The number of allylic oxidation sites excluding steroid dienone is 5. The van der Waals surface area contributed by atoms with Gasteiger partial charge in [0, 0.05) is 0 Å². The Morgan fingerprint density at radius 3 is 2.71 bits per heavy atom. The van der Waals surface area contributed by atoms with E-state index in [-0.39, 0.29) is 6.61 Å². The summed E-state index contributed by atoms with van der Waals surface area (Å²) in [5.41, 5.74) is 1.29. The van der Waals surface area contributed by atoms with E-state index in [1.165, 1.54) is 10.4 Å². The molecule has 2 heterocycles. The molecule has 0 spiro atoms. The lowest BCUT2D eigenvalue weighted by molar-refractivity contribution is -0.692. The third kappa shape index (κ3) is 5.33. The molecular weight excluding hydrogens is 280 g/mol. The molecule has 0 saturated heterocycles. The van der Waals surface area contributed by atoms with Crippen molar-refractivity contribution in [3.8, 4) is 0 Å². The van der Waals surface area contributed by atoms with Crippen LogP contribution in [-0.4, -0.2) is 9.51 Å². The van der Waals surface area contributed by atoms with Gasteiger partial charge in [0.1, 0.15) is 12.4 Å². The molecule has 4 heteroatoms. The van der Waals surface area contributed by atoms with E-state index in [2.05, 4.69) is 37.3 Å². The van der Waals surface area contributed by atoms with Crippen LogP contribution in [0.25, 0.3) is 4.83 Å². The summed E-state index contributed by atoms with van der Waals surface area (Å²) in [5, 5.41) is 8.87. The molecule has 0 saturated carbocycles. The number of hydrogen-bond donors (Lipinski definition) is 1. The number of aliphatic hydroxyl groups is 1. The number of aryl methyl sites for hydroxylation is 1.